The van der Waals surface area contributed by atoms with Crippen LogP contribution in [0.3, 0.4) is 0 Å². The SMILES string of the molecule is COc1ccc(OC2CCN(CCc3csc(C)n3)CC2)cc1. The van der Waals surface area contributed by atoms with E-state index in [1.807, 2.05) is 24.3 Å². The topological polar surface area (TPSA) is 34.6 Å². The van der Waals surface area contributed by atoms with Crippen LogP contribution in [0.4, 0.5) is 0 Å². The minimum absolute atomic E-state index is 0.321. The van der Waals surface area contributed by atoms with Crippen LogP contribution >= 0.6 is 11.3 Å². The maximum atomic E-state index is 6.08. The molecule has 0 atom stereocenters. The van der Waals surface area contributed by atoms with Gasteiger partial charge in [0.1, 0.15) is 17.6 Å². The lowest BCUT2D eigenvalue weighted by Crippen LogP contribution is -2.39. The Morgan fingerprint density at radius 3 is 2.48 bits per heavy atom. The molecule has 0 aliphatic carbocycles. The van der Waals surface area contributed by atoms with Crippen LogP contribution in [0.5, 0.6) is 11.5 Å². The molecule has 1 saturated heterocycles. The third kappa shape index (κ3) is 4.69. The fourth-order valence-corrected chi connectivity index (χ4v) is 3.54. The Bertz CT molecular complexity index is 604. The molecule has 5 heteroatoms. The molecule has 0 saturated carbocycles. The molecule has 0 spiro atoms. The summed E-state index contributed by atoms with van der Waals surface area (Å²) in [4.78, 5) is 7.05. The van der Waals surface area contributed by atoms with E-state index in [1.165, 1.54) is 5.69 Å². The molecule has 2 heterocycles. The molecule has 0 amide bonds. The number of thiazole rings is 1. The van der Waals surface area contributed by atoms with Crippen molar-refractivity contribution < 1.29 is 9.47 Å². The third-order valence-electron chi connectivity index (χ3n) is 4.25. The second-order valence-electron chi connectivity index (χ2n) is 5.94. The number of hydrogen-bond acceptors (Lipinski definition) is 5. The van der Waals surface area contributed by atoms with Gasteiger partial charge in [0.25, 0.3) is 0 Å². The van der Waals surface area contributed by atoms with Crippen molar-refractivity contribution in [2.45, 2.75) is 32.3 Å². The van der Waals surface area contributed by atoms with E-state index >= 15 is 0 Å². The largest absolute Gasteiger partial charge is 0.497 e. The number of aryl methyl sites for hydroxylation is 1. The van der Waals surface area contributed by atoms with Gasteiger partial charge in [0, 0.05) is 31.4 Å². The van der Waals surface area contributed by atoms with Crippen LogP contribution in [-0.4, -0.2) is 42.7 Å². The number of likely N-dealkylation sites (tertiary alicyclic amines) is 1. The zero-order chi connectivity index (χ0) is 16.1. The minimum atomic E-state index is 0.321. The van der Waals surface area contributed by atoms with Gasteiger partial charge >= 0.3 is 0 Å². The molecule has 1 aromatic heterocycles. The molecule has 4 nitrogen and oxygen atoms in total. The monoisotopic (exact) mass is 332 g/mol. The van der Waals surface area contributed by atoms with Gasteiger partial charge in [-0.1, -0.05) is 0 Å². The van der Waals surface area contributed by atoms with E-state index in [2.05, 4.69) is 22.2 Å². The summed E-state index contributed by atoms with van der Waals surface area (Å²) in [6.45, 7) is 5.36. The smallest absolute Gasteiger partial charge is 0.119 e. The van der Waals surface area contributed by atoms with Gasteiger partial charge in [-0.25, -0.2) is 4.98 Å². The van der Waals surface area contributed by atoms with Crippen molar-refractivity contribution >= 4 is 11.3 Å². The maximum absolute atomic E-state index is 6.08. The molecule has 1 aromatic carbocycles. The Morgan fingerprint density at radius 1 is 1.17 bits per heavy atom. The van der Waals surface area contributed by atoms with Crippen LogP contribution in [0, 0.1) is 6.92 Å². The molecule has 124 valence electrons. The molecule has 1 aliphatic heterocycles. The maximum Gasteiger partial charge on any atom is 0.119 e. The second kappa shape index (κ2) is 7.79. The fraction of sp³-hybridized carbons (Fsp3) is 0.500. The first-order valence-corrected chi connectivity index (χ1v) is 9.05. The average molecular weight is 332 g/mol. The Labute approximate surface area is 142 Å². The molecule has 0 bridgehead atoms. The number of methoxy groups -OCH3 is 1. The molecule has 0 radical (unpaired) electrons. The summed E-state index contributed by atoms with van der Waals surface area (Å²) in [6.07, 6.45) is 3.54. The molecule has 0 N–H and O–H groups in total. The summed E-state index contributed by atoms with van der Waals surface area (Å²) < 4.78 is 11.2. The number of aromatic nitrogens is 1. The third-order valence-corrected chi connectivity index (χ3v) is 5.07. The van der Waals surface area contributed by atoms with E-state index in [9.17, 15) is 0 Å². The summed E-state index contributed by atoms with van der Waals surface area (Å²) in [6, 6.07) is 7.85. The van der Waals surface area contributed by atoms with Crippen molar-refractivity contribution in [1.82, 2.24) is 9.88 Å². The van der Waals surface area contributed by atoms with Crippen molar-refractivity contribution in [2.24, 2.45) is 0 Å². The number of piperidine rings is 1. The lowest BCUT2D eigenvalue weighted by molar-refractivity contribution is 0.101. The van der Waals surface area contributed by atoms with Crippen LogP contribution < -0.4 is 9.47 Å². The highest BCUT2D eigenvalue weighted by Crippen LogP contribution is 2.22. The molecule has 3 rings (SSSR count). The minimum Gasteiger partial charge on any atom is -0.497 e. The molecule has 1 fully saturated rings. The zero-order valence-corrected chi connectivity index (χ0v) is 14.6. The summed E-state index contributed by atoms with van der Waals surface area (Å²) in [5.74, 6) is 1.80. The molecule has 0 unspecified atom stereocenters. The summed E-state index contributed by atoms with van der Waals surface area (Å²) in [5, 5.41) is 3.33. The molecular formula is C18H24N2O2S. The average Bonchev–Trinajstić information content (AvgIpc) is 3.00. The van der Waals surface area contributed by atoms with Crippen LogP contribution in [-0.2, 0) is 6.42 Å². The highest BCUT2D eigenvalue weighted by atomic mass is 32.1. The Hall–Kier alpha value is -1.59. The Kier molecular flexibility index (Phi) is 5.51. The van der Waals surface area contributed by atoms with E-state index in [4.69, 9.17) is 9.47 Å². The van der Waals surface area contributed by atoms with Crippen LogP contribution in [0.1, 0.15) is 23.5 Å². The number of benzene rings is 1. The van der Waals surface area contributed by atoms with E-state index in [0.29, 0.717) is 6.10 Å². The van der Waals surface area contributed by atoms with Crippen molar-refractivity contribution in [2.75, 3.05) is 26.7 Å². The van der Waals surface area contributed by atoms with Gasteiger partial charge in [-0.2, -0.15) is 0 Å². The summed E-state index contributed by atoms with van der Waals surface area (Å²) in [7, 11) is 1.68. The van der Waals surface area contributed by atoms with E-state index in [0.717, 1.165) is 55.4 Å². The predicted octanol–water partition coefficient (Wildman–Crippen LogP) is 3.55. The van der Waals surface area contributed by atoms with Crippen molar-refractivity contribution in [1.29, 1.82) is 0 Å². The summed E-state index contributed by atoms with van der Waals surface area (Å²) >= 11 is 1.74. The van der Waals surface area contributed by atoms with Crippen molar-refractivity contribution in [3.63, 3.8) is 0 Å². The number of hydrogen-bond donors (Lipinski definition) is 0. The van der Waals surface area contributed by atoms with E-state index < -0.39 is 0 Å². The van der Waals surface area contributed by atoms with Crippen molar-refractivity contribution in [3.8, 4) is 11.5 Å². The standard InChI is InChI=1S/C18H24N2O2S/c1-14-19-15(13-23-14)7-10-20-11-8-18(9-12-20)22-17-5-3-16(21-2)4-6-17/h3-6,13,18H,7-12H2,1-2H3. The normalized spacial score (nSPS) is 16.4. The van der Waals surface area contributed by atoms with Gasteiger partial charge in [-0.3, -0.25) is 0 Å². The van der Waals surface area contributed by atoms with Gasteiger partial charge in [0.05, 0.1) is 17.8 Å². The van der Waals surface area contributed by atoms with Gasteiger partial charge < -0.3 is 14.4 Å². The quantitative estimate of drug-likeness (QED) is 0.810. The van der Waals surface area contributed by atoms with E-state index in [-0.39, 0.29) is 0 Å². The predicted molar refractivity (Wildman–Crippen MR) is 93.6 cm³/mol. The van der Waals surface area contributed by atoms with Crippen LogP contribution in [0.15, 0.2) is 29.6 Å². The van der Waals surface area contributed by atoms with Gasteiger partial charge in [-0.05, 0) is 44.0 Å². The molecular weight excluding hydrogens is 308 g/mol. The van der Waals surface area contributed by atoms with Gasteiger partial charge in [-0.15, -0.1) is 11.3 Å². The van der Waals surface area contributed by atoms with Gasteiger partial charge in [0.15, 0.2) is 0 Å². The first-order chi connectivity index (χ1) is 11.2. The molecule has 1 aliphatic rings. The number of rotatable bonds is 6. The summed E-state index contributed by atoms with van der Waals surface area (Å²) in [5.41, 5.74) is 1.23. The lowest BCUT2D eigenvalue weighted by Gasteiger charge is -2.32. The first-order valence-electron chi connectivity index (χ1n) is 8.17. The number of ether oxygens (including phenoxy) is 2. The molecule has 23 heavy (non-hydrogen) atoms. The van der Waals surface area contributed by atoms with Crippen LogP contribution in [0.25, 0.3) is 0 Å². The lowest BCUT2D eigenvalue weighted by atomic mass is 10.1. The fourth-order valence-electron chi connectivity index (χ4n) is 2.89. The Balaban J connectivity index is 1.41. The van der Waals surface area contributed by atoms with Crippen molar-refractivity contribution in [3.05, 3.63) is 40.3 Å². The number of nitrogens with zero attached hydrogens (tertiary/aromatic N) is 2. The first kappa shape index (κ1) is 16.3. The highest BCUT2D eigenvalue weighted by molar-refractivity contribution is 7.09. The zero-order valence-electron chi connectivity index (χ0n) is 13.8. The van der Waals surface area contributed by atoms with E-state index in [1.54, 1.807) is 18.4 Å². The molecule has 2 aromatic rings. The van der Waals surface area contributed by atoms with Crippen LogP contribution in [0.2, 0.25) is 0 Å². The Morgan fingerprint density at radius 2 is 1.87 bits per heavy atom. The second-order valence-corrected chi connectivity index (χ2v) is 7.00. The van der Waals surface area contributed by atoms with Gasteiger partial charge in [0.2, 0.25) is 0 Å². The highest BCUT2D eigenvalue weighted by Gasteiger charge is 2.20.